The summed E-state index contributed by atoms with van der Waals surface area (Å²) in [5.41, 5.74) is -1.26. The van der Waals surface area contributed by atoms with E-state index in [1.807, 2.05) is 0 Å². The molecule has 0 aromatic heterocycles. The van der Waals surface area contributed by atoms with E-state index in [4.69, 9.17) is 10.0 Å². The van der Waals surface area contributed by atoms with E-state index >= 15 is 0 Å². The van der Waals surface area contributed by atoms with E-state index in [1.54, 1.807) is 18.2 Å². The van der Waals surface area contributed by atoms with Gasteiger partial charge in [-0.2, -0.15) is 0 Å². The number of hydrogen-bond donors (Lipinski definition) is 2. The maximum Gasteiger partial charge on any atom is 0.494 e. The Bertz CT molecular complexity index is 573. The first kappa shape index (κ1) is 12.7. The first-order chi connectivity index (χ1) is 8.52. The highest BCUT2D eigenvalue weighted by Crippen LogP contribution is 2.25. The lowest BCUT2D eigenvalue weighted by Crippen LogP contribution is -2.36. The molecule has 0 atom stereocenters. The fraction of sp³-hybridized carbons (Fsp3) is 0. The molecule has 18 heavy (non-hydrogen) atoms. The zero-order valence-electron chi connectivity index (χ0n) is 9.07. The quantitative estimate of drug-likeness (QED) is 0.794. The smallest absolute Gasteiger partial charge is 0.423 e. The summed E-state index contributed by atoms with van der Waals surface area (Å²) in [6.07, 6.45) is 0. The molecule has 0 bridgehead atoms. The van der Waals surface area contributed by atoms with Gasteiger partial charge in [-0.05, 0) is 5.56 Å². The van der Waals surface area contributed by atoms with Gasteiger partial charge >= 0.3 is 7.12 Å². The Morgan fingerprint density at radius 1 is 0.889 bits per heavy atom. The topological polar surface area (TPSA) is 40.5 Å². The van der Waals surface area contributed by atoms with E-state index in [0.29, 0.717) is 6.07 Å². The van der Waals surface area contributed by atoms with E-state index in [2.05, 4.69) is 0 Å². The Hall–Kier alpha value is -1.79. The molecular weight excluding hydrogens is 244 g/mol. The van der Waals surface area contributed by atoms with Gasteiger partial charge in [0.2, 0.25) is 0 Å². The zero-order valence-corrected chi connectivity index (χ0v) is 9.07. The van der Waals surface area contributed by atoms with Crippen molar-refractivity contribution in [2.24, 2.45) is 0 Å². The molecule has 0 aliphatic rings. The molecule has 2 aromatic rings. The summed E-state index contributed by atoms with van der Waals surface area (Å²) in [7, 11) is -2.34. The second kappa shape index (κ2) is 4.84. The molecule has 0 amide bonds. The molecule has 2 N–H and O–H groups in total. The van der Waals surface area contributed by atoms with Crippen LogP contribution >= 0.6 is 0 Å². The van der Waals surface area contributed by atoms with Gasteiger partial charge in [0, 0.05) is 6.07 Å². The van der Waals surface area contributed by atoms with Gasteiger partial charge < -0.3 is 10.0 Å². The van der Waals surface area contributed by atoms with Crippen LogP contribution in [-0.4, -0.2) is 17.2 Å². The SMILES string of the molecule is OB(O)c1c(F)cc(F)c(-c2ccccc2)c1F. The van der Waals surface area contributed by atoms with Gasteiger partial charge in [-0.25, -0.2) is 13.2 Å². The highest BCUT2D eigenvalue weighted by molar-refractivity contribution is 6.59. The van der Waals surface area contributed by atoms with Crippen molar-refractivity contribution >= 4 is 12.6 Å². The van der Waals surface area contributed by atoms with Gasteiger partial charge in [-0.1, -0.05) is 30.3 Å². The molecule has 2 nitrogen and oxygen atoms in total. The minimum absolute atomic E-state index is 0.189. The summed E-state index contributed by atoms with van der Waals surface area (Å²) >= 11 is 0. The van der Waals surface area contributed by atoms with E-state index < -0.39 is 35.6 Å². The zero-order chi connectivity index (χ0) is 13.3. The minimum Gasteiger partial charge on any atom is -0.423 e. The van der Waals surface area contributed by atoms with E-state index in [-0.39, 0.29) is 5.56 Å². The molecule has 92 valence electrons. The average Bonchev–Trinajstić information content (AvgIpc) is 2.28. The fourth-order valence-corrected chi connectivity index (χ4v) is 1.71. The van der Waals surface area contributed by atoms with Crippen molar-refractivity contribution in [2.45, 2.75) is 0 Å². The normalized spacial score (nSPS) is 10.5. The van der Waals surface area contributed by atoms with E-state index in [1.165, 1.54) is 12.1 Å². The Morgan fingerprint density at radius 2 is 1.50 bits per heavy atom. The van der Waals surface area contributed by atoms with Crippen molar-refractivity contribution in [3.05, 3.63) is 53.8 Å². The summed E-state index contributed by atoms with van der Waals surface area (Å²) in [6.45, 7) is 0. The number of rotatable bonds is 2. The van der Waals surface area contributed by atoms with Gasteiger partial charge in [-0.15, -0.1) is 0 Å². The van der Waals surface area contributed by atoms with Crippen LogP contribution in [0.1, 0.15) is 0 Å². The highest BCUT2D eigenvalue weighted by atomic mass is 19.1. The fourth-order valence-electron chi connectivity index (χ4n) is 1.71. The van der Waals surface area contributed by atoms with Crippen molar-refractivity contribution in [2.75, 3.05) is 0 Å². The molecule has 2 aromatic carbocycles. The molecule has 0 unspecified atom stereocenters. The molecule has 0 radical (unpaired) electrons. The van der Waals surface area contributed by atoms with Crippen molar-refractivity contribution in [3.8, 4) is 11.1 Å². The molecule has 0 heterocycles. The lowest BCUT2D eigenvalue weighted by molar-refractivity contribution is 0.419. The molecule has 0 aliphatic carbocycles. The minimum atomic E-state index is -2.34. The molecular formula is C12H8BF3O2. The van der Waals surface area contributed by atoms with Crippen molar-refractivity contribution in [1.82, 2.24) is 0 Å². The number of hydrogen-bond acceptors (Lipinski definition) is 2. The maximum absolute atomic E-state index is 13.9. The highest BCUT2D eigenvalue weighted by Gasteiger charge is 2.27. The third-order valence-corrected chi connectivity index (χ3v) is 2.53. The number of benzene rings is 2. The van der Waals surface area contributed by atoms with Crippen LogP contribution < -0.4 is 5.46 Å². The molecule has 6 heteroatoms. The lowest BCUT2D eigenvalue weighted by atomic mass is 9.77. The van der Waals surface area contributed by atoms with Crippen molar-refractivity contribution < 1.29 is 23.2 Å². The Kier molecular flexibility index (Phi) is 3.40. The van der Waals surface area contributed by atoms with Crippen molar-refractivity contribution in [1.29, 1.82) is 0 Å². The van der Waals surface area contributed by atoms with Gasteiger partial charge in [0.05, 0.1) is 11.0 Å². The van der Waals surface area contributed by atoms with Crippen LogP contribution in [0.15, 0.2) is 36.4 Å². The summed E-state index contributed by atoms with van der Waals surface area (Å²) in [5.74, 6) is -3.74. The van der Waals surface area contributed by atoms with E-state index in [0.717, 1.165) is 0 Å². The Balaban J connectivity index is 2.72. The third kappa shape index (κ3) is 2.12. The second-order valence-corrected chi connectivity index (χ2v) is 3.68. The molecule has 0 saturated carbocycles. The Morgan fingerprint density at radius 3 is 2.06 bits per heavy atom. The Labute approximate surface area is 101 Å². The summed E-state index contributed by atoms with van der Waals surface area (Å²) in [6, 6.07) is 8.09. The van der Waals surface area contributed by atoms with Crippen LogP contribution in [0.3, 0.4) is 0 Å². The van der Waals surface area contributed by atoms with Crippen molar-refractivity contribution in [3.63, 3.8) is 0 Å². The first-order valence-corrected chi connectivity index (χ1v) is 5.11. The molecule has 0 aliphatic heterocycles. The van der Waals surface area contributed by atoms with Gasteiger partial charge in [0.15, 0.2) is 0 Å². The largest absolute Gasteiger partial charge is 0.494 e. The molecule has 0 fully saturated rings. The van der Waals surface area contributed by atoms with Crippen LogP contribution in [0.25, 0.3) is 11.1 Å². The maximum atomic E-state index is 13.9. The standard InChI is InChI=1S/C12H8BF3O2/c14-8-6-9(15)11(13(17)18)12(16)10(8)7-4-2-1-3-5-7/h1-6,17-18H. The summed E-state index contributed by atoms with van der Waals surface area (Å²) in [5, 5.41) is 17.8. The van der Waals surface area contributed by atoms with Crippen LogP contribution in [0.2, 0.25) is 0 Å². The lowest BCUT2D eigenvalue weighted by Gasteiger charge is -2.10. The van der Waals surface area contributed by atoms with E-state index in [9.17, 15) is 13.2 Å². The summed E-state index contributed by atoms with van der Waals surface area (Å²) in [4.78, 5) is 0. The average molecular weight is 252 g/mol. The molecule has 0 saturated heterocycles. The van der Waals surface area contributed by atoms with Crippen LogP contribution in [-0.2, 0) is 0 Å². The molecule has 0 spiro atoms. The van der Waals surface area contributed by atoms with Gasteiger partial charge in [-0.3, -0.25) is 0 Å². The van der Waals surface area contributed by atoms with Gasteiger partial charge in [0.25, 0.3) is 0 Å². The van der Waals surface area contributed by atoms with Gasteiger partial charge in [0.1, 0.15) is 17.5 Å². The number of halogens is 3. The first-order valence-electron chi connectivity index (χ1n) is 5.11. The monoisotopic (exact) mass is 252 g/mol. The van der Waals surface area contributed by atoms with Crippen LogP contribution in [0.5, 0.6) is 0 Å². The summed E-state index contributed by atoms with van der Waals surface area (Å²) < 4.78 is 40.8. The van der Waals surface area contributed by atoms with Crippen LogP contribution in [0.4, 0.5) is 13.2 Å². The third-order valence-electron chi connectivity index (χ3n) is 2.53. The van der Waals surface area contributed by atoms with Crippen LogP contribution in [0, 0.1) is 17.5 Å². The predicted octanol–water partition coefficient (Wildman–Crippen LogP) is 1.45. The predicted molar refractivity (Wildman–Crippen MR) is 61.6 cm³/mol. The second-order valence-electron chi connectivity index (χ2n) is 3.68. The molecule has 2 rings (SSSR count).